The fourth-order valence-corrected chi connectivity index (χ4v) is 2.59. The summed E-state index contributed by atoms with van der Waals surface area (Å²) in [6, 6.07) is 8.97. The quantitative estimate of drug-likeness (QED) is 0.834. The molecule has 21 heavy (non-hydrogen) atoms. The number of hydrogen-bond acceptors (Lipinski definition) is 3. The van der Waals surface area contributed by atoms with Gasteiger partial charge in [0.15, 0.2) is 0 Å². The Labute approximate surface area is 123 Å². The molecule has 0 saturated carbocycles. The summed E-state index contributed by atoms with van der Waals surface area (Å²) in [5.41, 5.74) is 0.882. The Morgan fingerprint density at radius 3 is 2.24 bits per heavy atom. The zero-order valence-electron chi connectivity index (χ0n) is 12.3. The Bertz CT molecular complexity index is 658. The zero-order valence-corrected chi connectivity index (χ0v) is 12.3. The molecular weight excluding hydrogens is 268 g/mol. The number of Topliss-reactive ketones (excluding diaryl/α,β-unsaturated/α-hetero) is 1. The van der Waals surface area contributed by atoms with Gasteiger partial charge in [-0.15, -0.1) is 0 Å². The summed E-state index contributed by atoms with van der Waals surface area (Å²) < 4.78 is 0. The van der Waals surface area contributed by atoms with E-state index in [0.29, 0.717) is 22.3 Å². The van der Waals surface area contributed by atoms with Gasteiger partial charge in [-0.3, -0.25) is 4.79 Å². The Kier molecular flexibility index (Phi) is 3.83. The molecule has 4 nitrogen and oxygen atoms in total. The molecule has 0 unspecified atom stereocenters. The minimum atomic E-state index is -1.23. The normalized spacial score (nSPS) is 15.9. The van der Waals surface area contributed by atoms with E-state index < -0.39 is 17.4 Å². The van der Waals surface area contributed by atoms with E-state index in [2.05, 4.69) is 0 Å². The van der Waals surface area contributed by atoms with E-state index in [1.807, 2.05) is 6.07 Å². The van der Waals surface area contributed by atoms with Crippen molar-refractivity contribution in [1.29, 1.82) is 0 Å². The second kappa shape index (κ2) is 5.30. The number of carboxylic acid groups (broad SMARTS) is 1. The van der Waals surface area contributed by atoms with Gasteiger partial charge in [-0.25, -0.2) is 4.79 Å². The van der Waals surface area contributed by atoms with Crippen LogP contribution in [0.2, 0.25) is 0 Å². The number of carbonyl (C=O) groups is 2. The molecule has 1 aromatic carbocycles. The molecule has 0 atom stereocenters. The van der Waals surface area contributed by atoms with Crippen molar-refractivity contribution in [2.24, 2.45) is 0 Å². The van der Waals surface area contributed by atoms with Crippen LogP contribution in [0.4, 0.5) is 0 Å². The molecule has 0 bridgehead atoms. The van der Waals surface area contributed by atoms with E-state index in [9.17, 15) is 19.8 Å². The van der Waals surface area contributed by atoms with Gasteiger partial charge in [0.2, 0.25) is 5.78 Å². The average molecular weight is 286 g/mol. The van der Waals surface area contributed by atoms with E-state index in [1.165, 1.54) is 0 Å². The Hall–Kier alpha value is -2.20. The molecule has 0 heterocycles. The van der Waals surface area contributed by atoms with Crippen LogP contribution in [0.25, 0.3) is 5.57 Å². The van der Waals surface area contributed by atoms with E-state index >= 15 is 0 Å². The lowest BCUT2D eigenvalue weighted by atomic mass is 9.90. The molecule has 2 N–H and O–H groups in total. The summed E-state index contributed by atoms with van der Waals surface area (Å²) in [6.07, 6.45) is 0.228. The van der Waals surface area contributed by atoms with Crippen molar-refractivity contribution in [3.05, 3.63) is 52.6 Å². The third-order valence-corrected chi connectivity index (χ3v) is 3.47. The molecule has 110 valence electrons. The average Bonchev–Trinajstić information content (AvgIpc) is 2.60. The highest BCUT2D eigenvalue weighted by Crippen LogP contribution is 2.39. The van der Waals surface area contributed by atoms with Gasteiger partial charge < -0.3 is 10.2 Å². The van der Waals surface area contributed by atoms with E-state index in [0.717, 1.165) is 0 Å². The first-order valence-corrected chi connectivity index (χ1v) is 6.72. The maximum Gasteiger partial charge on any atom is 0.339 e. The number of hydrogen-bond donors (Lipinski definition) is 2. The molecule has 0 saturated heterocycles. The molecule has 0 radical (unpaired) electrons. The lowest BCUT2D eigenvalue weighted by molar-refractivity contribution is -0.133. The van der Waals surface area contributed by atoms with Crippen LogP contribution in [0.1, 0.15) is 32.8 Å². The van der Waals surface area contributed by atoms with Crippen molar-refractivity contribution in [3.63, 3.8) is 0 Å². The maximum absolute atomic E-state index is 12.5. The lowest BCUT2D eigenvalue weighted by Gasteiger charge is -2.20. The highest BCUT2D eigenvalue weighted by molar-refractivity contribution is 6.41. The third-order valence-electron chi connectivity index (χ3n) is 3.47. The van der Waals surface area contributed by atoms with Crippen LogP contribution in [0.3, 0.4) is 0 Å². The van der Waals surface area contributed by atoms with Crippen molar-refractivity contribution in [1.82, 2.24) is 0 Å². The van der Waals surface area contributed by atoms with Crippen LogP contribution in [0.15, 0.2) is 47.1 Å². The van der Waals surface area contributed by atoms with Gasteiger partial charge in [0.25, 0.3) is 0 Å². The topological polar surface area (TPSA) is 74.6 Å². The predicted octanol–water partition coefficient (Wildman–Crippen LogP) is 2.59. The molecule has 0 aromatic heterocycles. The summed E-state index contributed by atoms with van der Waals surface area (Å²) in [5.74, 6) is -1.71. The maximum atomic E-state index is 12.5. The van der Waals surface area contributed by atoms with Gasteiger partial charge in [0, 0.05) is 12.0 Å². The second-order valence-electron chi connectivity index (χ2n) is 5.84. The van der Waals surface area contributed by atoms with Gasteiger partial charge in [-0.2, -0.15) is 0 Å². The molecule has 1 aliphatic rings. The summed E-state index contributed by atoms with van der Waals surface area (Å²) in [6.45, 7) is 4.90. The smallest absolute Gasteiger partial charge is 0.339 e. The highest BCUT2D eigenvalue weighted by atomic mass is 16.4. The lowest BCUT2D eigenvalue weighted by Crippen LogP contribution is -2.19. The molecule has 4 heteroatoms. The standard InChI is InChI=1S/C17H18O4/c1-10-12(9-17(2,3)21)14(11-7-5-4-6-8-11)15(18)13(10)16(19)20/h4-8,21H,9H2,1-3H3,(H,19,20). The number of allylic oxidation sites excluding steroid dienone is 2. The first-order valence-electron chi connectivity index (χ1n) is 6.72. The van der Waals surface area contributed by atoms with Crippen LogP contribution in [0.5, 0.6) is 0 Å². The number of carboxylic acids is 1. The predicted molar refractivity (Wildman–Crippen MR) is 79.6 cm³/mol. The van der Waals surface area contributed by atoms with Gasteiger partial charge in [-0.1, -0.05) is 30.3 Å². The van der Waals surface area contributed by atoms with E-state index in [4.69, 9.17) is 0 Å². The molecule has 1 aromatic rings. The van der Waals surface area contributed by atoms with Gasteiger partial charge in [-0.05, 0) is 37.5 Å². The minimum Gasteiger partial charge on any atom is -0.478 e. The number of aliphatic hydroxyl groups is 1. The van der Waals surface area contributed by atoms with Gasteiger partial charge in [0.1, 0.15) is 5.57 Å². The van der Waals surface area contributed by atoms with Crippen molar-refractivity contribution >= 4 is 17.3 Å². The molecule has 0 spiro atoms. The van der Waals surface area contributed by atoms with Crippen LogP contribution in [-0.4, -0.2) is 27.6 Å². The van der Waals surface area contributed by atoms with Crippen LogP contribution >= 0.6 is 0 Å². The van der Waals surface area contributed by atoms with Crippen LogP contribution < -0.4 is 0 Å². The molecule has 2 rings (SSSR count). The monoisotopic (exact) mass is 286 g/mol. The molecule has 0 aliphatic heterocycles. The number of aliphatic carboxylic acids is 1. The Morgan fingerprint density at radius 1 is 1.19 bits per heavy atom. The third kappa shape index (κ3) is 2.95. The SMILES string of the molecule is CC1=C(C(=O)O)C(=O)C(c2ccccc2)=C1CC(C)(C)O. The minimum absolute atomic E-state index is 0.201. The van der Waals surface area contributed by atoms with Gasteiger partial charge >= 0.3 is 5.97 Å². The second-order valence-corrected chi connectivity index (χ2v) is 5.84. The highest BCUT2D eigenvalue weighted by Gasteiger charge is 2.36. The molecule has 0 amide bonds. The fourth-order valence-electron chi connectivity index (χ4n) is 2.59. The zero-order chi connectivity index (χ0) is 15.8. The van der Waals surface area contributed by atoms with Crippen molar-refractivity contribution in [2.75, 3.05) is 0 Å². The van der Waals surface area contributed by atoms with Crippen LogP contribution in [-0.2, 0) is 9.59 Å². The molecule has 0 fully saturated rings. The fraction of sp³-hybridized carbons (Fsp3) is 0.294. The number of benzene rings is 1. The number of carbonyl (C=O) groups excluding carboxylic acids is 1. The van der Waals surface area contributed by atoms with E-state index in [1.54, 1.807) is 45.0 Å². The Balaban J connectivity index is 2.62. The summed E-state index contributed by atoms with van der Waals surface area (Å²) in [7, 11) is 0. The van der Waals surface area contributed by atoms with Crippen LogP contribution in [0, 0.1) is 0 Å². The van der Waals surface area contributed by atoms with Gasteiger partial charge in [0.05, 0.1) is 5.60 Å². The summed E-state index contributed by atoms with van der Waals surface area (Å²) in [5, 5.41) is 19.3. The van der Waals surface area contributed by atoms with Crippen molar-refractivity contribution < 1.29 is 19.8 Å². The van der Waals surface area contributed by atoms with E-state index in [-0.39, 0.29) is 12.0 Å². The largest absolute Gasteiger partial charge is 0.478 e. The molecule has 1 aliphatic carbocycles. The number of rotatable bonds is 4. The molecular formula is C17H18O4. The Morgan fingerprint density at radius 2 is 1.76 bits per heavy atom. The first kappa shape index (κ1) is 15.2. The summed E-state index contributed by atoms with van der Waals surface area (Å²) >= 11 is 0. The summed E-state index contributed by atoms with van der Waals surface area (Å²) in [4.78, 5) is 23.8. The number of ketones is 1. The van der Waals surface area contributed by atoms with Crippen molar-refractivity contribution in [2.45, 2.75) is 32.8 Å². The van der Waals surface area contributed by atoms with Crippen molar-refractivity contribution in [3.8, 4) is 0 Å². The first-order chi connectivity index (χ1) is 9.72.